The Morgan fingerprint density at radius 1 is 1.23 bits per heavy atom. The minimum absolute atomic E-state index is 0.0216. The van der Waals surface area contributed by atoms with Crippen molar-refractivity contribution in [3.8, 4) is 11.5 Å². The van der Waals surface area contributed by atoms with E-state index in [0.717, 1.165) is 26.4 Å². The van der Waals surface area contributed by atoms with Crippen molar-refractivity contribution >= 4 is 44.8 Å². The van der Waals surface area contributed by atoms with Crippen LogP contribution in [0.25, 0.3) is 11.2 Å². The smallest absolute Gasteiger partial charge is 0.332 e. The molecule has 0 bridgehead atoms. The Hall–Kier alpha value is -2.73. The number of halogens is 1. The van der Waals surface area contributed by atoms with E-state index in [-0.39, 0.29) is 36.9 Å². The van der Waals surface area contributed by atoms with E-state index in [1.54, 1.807) is 24.6 Å². The average Bonchev–Trinajstić information content (AvgIpc) is 3.34. The molecule has 0 saturated carbocycles. The number of imidazole rings is 1. The maximum absolute atomic E-state index is 13.0. The van der Waals surface area contributed by atoms with Crippen molar-refractivity contribution in [3.63, 3.8) is 0 Å². The van der Waals surface area contributed by atoms with E-state index in [9.17, 15) is 14.4 Å². The van der Waals surface area contributed by atoms with Gasteiger partial charge >= 0.3 is 11.7 Å². The van der Waals surface area contributed by atoms with Crippen LogP contribution in [0.4, 0.5) is 0 Å². The van der Waals surface area contributed by atoms with Crippen LogP contribution < -0.4 is 20.7 Å². The van der Waals surface area contributed by atoms with Crippen LogP contribution in [-0.2, 0) is 30.2 Å². The number of carbonyl (C=O) groups is 1. The van der Waals surface area contributed by atoms with Crippen molar-refractivity contribution in [1.29, 1.82) is 0 Å². The number of hydrogen-bond donors (Lipinski definition) is 0. The van der Waals surface area contributed by atoms with Crippen LogP contribution in [0.1, 0.15) is 12.5 Å². The molecule has 2 aromatic heterocycles. The van der Waals surface area contributed by atoms with Crippen LogP contribution in [0.2, 0.25) is 0 Å². The number of thioether (sulfide) groups is 1. The number of aromatic nitrogens is 4. The Morgan fingerprint density at radius 2 is 1.94 bits per heavy atom. The number of esters is 1. The van der Waals surface area contributed by atoms with Gasteiger partial charge in [-0.25, -0.2) is 9.78 Å². The first kappa shape index (κ1) is 21.5. The molecule has 0 aliphatic carbocycles. The van der Waals surface area contributed by atoms with Crippen LogP contribution in [0, 0.1) is 0 Å². The molecule has 4 rings (SSSR count). The Bertz CT molecular complexity index is 1310. The fourth-order valence-electron chi connectivity index (χ4n) is 3.26. The van der Waals surface area contributed by atoms with E-state index in [1.165, 1.54) is 11.6 Å². The van der Waals surface area contributed by atoms with Crippen molar-refractivity contribution < 1.29 is 19.0 Å². The number of hydrogen-bond acceptors (Lipinski definition) is 8. The molecule has 0 unspecified atom stereocenters. The van der Waals surface area contributed by atoms with Crippen molar-refractivity contribution in [2.45, 2.75) is 18.6 Å². The summed E-state index contributed by atoms with van der Waals surface area (Å²) in [5.74, 6) is 0.857. The predicted molar refractivity (Wildman–Crippen MR) is 117 cm³/mol. The Kier molecular flexibility index (Phi) is 5.84. The van der Waals surface area contributed by atoms with Gasteiger partial charge in [0.05, 0.1) is 18.9 Å². The van der Waals surface area contributed by atoms with Gasteiger partial charge in [0.15, 0.2) is 27.8 Å². The topological polar surface area (TPSA) is 107 Å². The highest BCUT2D eigenvalue weighted by molar-refractivity contribution is 9.10. The number of nitrogens with zero attached hydrogens (tertiary/aromatic N) is 4. The van der Waals surface area contributed by atoms with Gasteiger partial charge in [-0.1, -0.05) is 27.7 Å². The monoisotopic (exact) mass is 510 g/mol. The van der Waals surface area contributed by atoms with Gasteiger partial charge in [0.2, 0.25) is 6.79 Å². The molecule has 1 aliphatic rings. The molecular formula is C19H19BrN4O6S. The van der Waals surface area contributed by atoms with Gasteiger partial charge in [0.25, 0.3) is 5.56 Å². The maximum atomic E-state index is 13.0. The van der Waals surface area contributed by atoms with Crippen molar-refractivity contribution in [2.24, 2.45) is 14.1 Å². The van der Waals surface area contributed by atoms with Gasteiger partial charge in [-0.3, -0.25) is 18.7 Å². The molecule has 1 aliphatic heterocycles. The second-order valence-electron chi connectivity index (χ2n) is 6.75. The van der Waals surface area contributed by atoms with Crippen molar-refractivity contribution in [2.75, 3.05) is 19.2 Å². The summed E-state index contributed by atoms with van der Waals surface area (Å²) in [6, 6.07) is 3.63. The van der Waals surface area contributed by atoms with Gasteiger partial charge in [-0.05, 0) is 24.6 Å². The summed E-state index contributed by atoms with van der Waals surface area (Å²) in [6.45, 7) is 2.40. The van der Waals surface area contributed by atoms with Crippen LogP contribution in [-0.4, -0.2) is 43.8 Å². The molecule has 0 radical (unpaired) electrons. The zero-order valence-corrected chi connectivity index (χ0v) is 19.4. The Morgan fingerprint density at radius 3 is 2.65 bits per heavy atom. The summed E-state index contributed by atoms with van der Waals surface area (Å²) in [5.41, 5.74) is 0.382. The third kappa shape index (κ3) is 3.85. The van der Waals surface area contributed by atoms with Crippen molar-refractivity contribution in [3.05, 3.63) is 43.0 Å². The summed E-state index contributed by atoms with van der Waals surface area (Å²) >= 11 is 4.68. The molecule has 0 fully saturated rings. The molecule has 0 saturated heterocycles. The summed E-state index contributed by atoms with van der Waals surface area (Å²) in [7, 11) is 2.97. The lowest BCUT2D eigenvalue weighted by atomic mass is 10.2. The lowest BCUT2D eigenvalue weighted by Gasteiger charge is -2.11. The number of fused-ring (bicyclic) bond motifs is 2. The number of rotatable bonds is 6. The zero-order valence-electron chi connectivity index (χ0n) is 17.0. The van der Waals surface area contributed by atoms with Crippen LogP contribution in [0.15, 0.2) is 31.4 Å². The highest BCUT2D eigenvalue weighted by Gasteiger charge is 2.23. The second kappa shape index (κ2) is 8.42. The number of ether oxygens (including phenoxy) is 3. The van der Waals surface area contributed by atoms with Crippen molar-refractivity contribution in [1.82, 2.24) is 18.7 Å². The molecule has 10 nitrogen and oxygen atoms in total. The molecule has 1 aromatic carbocycles. The molecule has 0 spiro atoms. The first-order valence-corrected chi connectivity index (χ1v) is 11.1. The lowest BCUT2D eigenvalue weighted by Crippen LogP contribution is -2.37. The number of benzene rings is 1. The van der Waals surface area contributed by atoms with E-state index < -0.39 is 17.2 Å². The molecule has 31 heavy (non-hydrogen) atoms. The summed E-state index contributed by atoms with van der Waals surface area (Å²) < 4.78 is 20.7. The molecule has 3 heterocycles. The standard InChI is InChI=1S/C19H19BrN4O6S/c1-4-28-14(25)8-31-18-21-16-15(17(26)23(3)19(27)22(16)2)24(18)7-10-5-12-13(6-11(10)20)30-9-29-12/h5-6H,4,7-9H2,1-3H3. The fraction of sp³-hybridized carbons (Fsp3) is 0.368. The lowest BCUT2D eigenvalue weighted by molar-refractivity contribution is -0.139. The van der Waals surface area contributed by atoms with E-state index >= 15 is 0 Å². The normalized spacial score (nSPS) is 12.5. The summed E-state index contributed by atoms with van der Waals surface area (Å²) in [5, 5.41) is 0.422. The quantitative estimate of drug-likeness (QED) is 0.363. The molecule has 0 atom stereocenters. The fourth-order valence-corrected chi connectivity index (χ4v) is 4.50. The second-order valence-corrected chi connectivity index (χ2v) is 8.55. The molecule has 3 aromatic rings. The molecule has 164 valence electrons. The third-order valence-corrected chi connectivity index (χ3v) is 6.50. The van der Waals surface area contributed by atoms with E-state index in [2.05, 4.69) is 20.9 Å². The van der Waals surface area contributed by atoms with E-state index in [0.29, 0.717) is 16.7 Å². The van der Waals surface area contributed by atoms with Gasteiger partial charge in [-0.15, -0.1) is 0 Å². The SMILES string of the molecule is CCOC(=O)CSc1nc2c(c(=O)n(C)c(=O)n2C)n1Cc1cc2c(cc1Br)OCO2. The van der Waals surface area contributed by atoms with Gasteiger partial charge in [0, 0.05) is 18.6 Å². The minimum Gasteiger partial charge on any atom is -0.465 e. The van der Waals surface area contributed by atoms with Gasteiger partial charge in [-0.2, -0.15) is 0 Å². The highest BCUT2D eigenvalue weighted by atomic mass is 79.9. The zero-order chi connectivity index (χ0) is 22.3. The van der Waals surface area contributed by atoms with Gasteiger partial charge < -0.3 is 18.8 Å². The van der Waals surface area contributed by atoms with E-state index in [4.69, 9.17) is 14.2 Å². The Labute approximate surface area is 188 Å². The molecule has 12 heteroatoms. The number of aryl methyl sites for hydroxylation is 1. The van der Waals surface area contributed by atoms with Crippen LogP contribution >= 0.6 is 27.7 Å². The van der Waals surface area contributed by atoms with E-state index in [1.807, 2.05) is 6.07 Å². The number of carbonyl (C=O) groups excluding carboxylic acids is 1. The third-order valence-electron chi connectivity index (χ3n) is 4.81. The predicted octanol–water partition coefficient (Wildman–Crippen LogP) is 1.63. The summed E-state index contributed by atoms with van der Waals surface area (Å²) in [4.78, 5) is 41.7. The first-order valence-electron chi connectivity index (χ1n) is 9.34. The summed E-state index contributed by atoms with van der Waals surface area (Å²) in [6.07, 6.45) is 0. The highest BCUT2D eigenvalue weighted by Crippen LogP contribution is 2.37. The molecule has 0 N–H and O–H groups in total. The largest absolute Gasteiger partial charge is 0.465 e. The maximum Gasteiger partial charge on any atom is 0.332 e. The first-order chi connectivity index (χ1) is 14.8. The molecule has 0 amide bonds. The van der Waals surface area contributed by atoms with Crippen LogP contribution in [0.5, 0.6) is 11.5 Å². The van der Waals surface area contributed by atoms with Gasteiger partial charge in [0.1, 0.15) is 0 Å². The average molecular weight is 511 g/mol. The molecular weight excluding hydrogens is 492 g/mol. The Balaban J connectivity index is 1.85. The minimum atomic E-state index is -0.478. The van der Waals surface area contributed by atoms with Crippen LogP contribution in [0.3, 0.4) is 0 Å².